The molecule has 0 aliphatic heterocycles. The number of aliphatic hydroxyl groups excluding tert-OH is 4. The van der Waals surface area contributed by atoms with Gasteiger partial charge in [0, 0.05) is 5.41 Å². The number of fused-ring (bicyclic) bond motifs is 6. The minimum atomic E-state index is -0.672. The van der Waals surface area contributed by atoms with Gasteiger partial charge in [-0.05, 0) is 103 Å². The molecule has 5 rings (SSSR count). The summed E-state index contributed by atoms with van der Waals surface area (Å²) < 4.78 is 0. The van der Waals surface area contributed by atoms with Crippen LogP contribution in [0.2, 0.25) is 0 Å². The Morgan fingerprint density at radius 1 is 0.829 bits per heavy atom. The summed E-state index contributed by atoms with van der Waals surface area (Å²) in [6, 6.07) is 0. The topological polar surface area (TPSA) is 80.9 Å². The summed E-state index contributed by atoms with van der Waals surface area (Å²) in [5.41, 5.74) is 1.17. The molecule has 0 heterocycles. The van der Waals surface area contributed by atoms with Gasteiger partial charge in [-0.1, -0.05) is 60.1 Å². The molecule has 200 valence electrons. The van der Waals surface area contributed by atoms with Gasteiger partial charge in [0.25, 0.3) is 0 Å². The monoisotopic (exact) mass is 488 g/mol. The molecule has 0 radical (unpaired) electrons. The predicted octanol–water partition coefficient (Wildman–Crippen LogP) is 5.47. The van der Waals surface area contributed by atoms with Gasteiger partial charge in [0.05, 0.1) is 24.9 Å². The van der Waals surface area contributed by atoms with E-state index in [-0.39, 0.29) is 33.7 Å². The van der Waals surface area contributed by atoms with Gasteiger partial charge in [0.1, 0.15) is 0 Å². The van der Waals surface area contributed by atoms with Crippen molar-refractivity contribution in [2.45, 2.75) is 125 Å². The Morgan fingerprint density at radius 2 is 1.49 bits per heavy atom. The van der Waals surface area contributed by atoms with Crippen LogP contribution in [0.25, 0.3) is 0 Å². The second-order valence-corrected chi connectivity index (χ2v) is 15.5. The van der Waals surface area contributed by atoms with E-state index in [4.69, 9.17) is 0 Å². The molecule has 5 aliphatic carbocycles. The van der Waals surface area contributed by atoms with Crippen LogP contribution in [0.5, 0.6) is 0 Å². The molecule has 4 N–H and O–H groups in total. The third-order valence-corrected chi connectivity index (χ3v) is 13.8. The highest BCUT2D eigenvalue weighted by atomic mass is 16.3. The molecule has 0 aromatic heterocycles. The standard InChI is InChI=1S/C31H52O4/c1-26(2)21-9-8-19-16-27(3)13-10-23-28(4,14-12-24(34)29(23,5)18-32)22(27)11-15-30(19,6)31(21,7)17-20(33)25(26)35/h8,20-25,32-35H,9-18H2,1-7H3/t20-,21+,22+,23+,24-,25-,27+,28-,29-,30+,31+/m1/s1. The van der Waals surface area contributed by atoms with Crippen LogP contribution in [0.1, 0.15) is 106 Å². The lowest BCUT2D eigenvalue weighted by atomic mass is 9.41. The fourth-order valence-electron chi connectivity index (χ4n) is 11.4. The number of hydrogen-bond donors (Lipinski definition) is 4. The fraction of sp³-hybridized carbons (Fsp3) is 0.935. The van der Waals surface area contributed by atoms with Crippen LogP contribution >= 0.6 is 0 Å². The largest absolute Gasteiger partial charge is 0.396 e. The molecule has 5 aliphatic rings. The minimum Gasteiger partial charge on any atom is -0.396 e. The molecule has 0 aromatic carbocycles. The van der Waals surface area contributed by atoms with Crippen molar-refractivity contribution in [1.29, 1.82) is 0 Å². The van der Waals surface area contributed by atoms with Gasteiger partial charge in [0.15, 0.2) is 0 Å². The molecule has 4 nitrogen and oxygen atoms in total. The van der Waals surface area contributed by atoms with Gasteiger partial charge in [-0.3, -0.25) is 0 Å². The third-order valence-electron chi connectivity index (χ3n) is 13.8. The summed E-state index contributed by atoms with van der Waals surface area (Å²) in [5.74, 6) is 1.25. The molecule has 4 saturated carbocycles. The Hall–Kier alpha value is -0.420. The molecule has 0 saturated heterocycles. The van der Waals surface area contributed by atoms with Crippen LogP contribution in [0, 0.1) is 50.2 Å². The van der Waals surface area contributed by atoms with Crippen LogP contribution in [-0.2, 0) is 0 Å². The van der Waals surface area contributed by atoms with Gasteiger partial charge in [-0.25, -0.2) is 0 Å². The summed E-state index contributed by atoms with van der Waals surface area (Å²) in [7, 11) is 0. The second kappa shape index (κ2) is 7.80. The van der Waals surface area contributed by atoms with Crippen molar-refractivity contribution >= 4 is 0 Å². The zero-order valence-corrected chi connectivity index (χ0v) is 23.4. The normalized spacial score (nSPS) is 57.6. The SMILES string of the molecule is CC1(C)[C@H](O)[C@H](O)C[C@@]2(C)[C@H]1CC=C1C[C@]3(C)CC[C@H]4[C@](C)(CC[C@@H](O)[C@]4(C)CO)[C@H]3CC[C@@]12C. The quantitative estimate of drug-likeness (QED) is 0.369. The number of hydrogen-bond acceptors (Lipinski definition) is 4. The summed E-state index contributed by atoms with van der Waals surface area (Å²) in [6.07, 6.45) is 9.92. The van der Waals surface area contributed by atoms with Crippen molar-refractivity contribution in [3.63, 3.8) is 0 Å². The second-order valence-electron chi connectivity index (χ2n) is 15.5. The maximum atomic E-state index is 11.0. The Labute approximate surface area is 213 Å². The van der Waals surface area contributed by atoms with E-state index in [1.807, 2.05) is 0 Å². The van der Waals surface area contributed by atoms with Crippen LogP contribution in [0.15, 0.2) is 11.6 Å². The Balaban J connectivity index is 1.56. The van der Waals surface area contributed by atoms with Gasteiger partial charge >= 0.3 is 0 Å². The lowest BCUT2D eigenvalue weighted by molar-refractivity contribution is -0.194. The number of rotatable bonds is 1. The lowest BCUT2D eigenvalue weighted by Crippen LogP contribution is -2.62. The van der Waals surface area contributed by atoms with Gasteiger partial charge < -0.3 is 20.4 Å². The first-order chi connectivity index (χ1) is 16.1. The molecule has 0 amide bonds. The molecule has 0 bridgehead atoms. The first-order valence-electron chi connectivity index (χ1n) is 14.4. The first kappa shape index (κ1) is 26.2. The van der Waals surface area contributed by atoms with Crippen molar-refractivity contribution < 1.29 is 20.4 Å². The zero-order chi connectivity index (χ0) is 25.8. The van der Waals surface area contributed by atoms with Crippen molar-refractivity contribution in [1.82, 2.24) is 0 Å². The molecular weight excluding hydrogens is 436 g/mol. The molecule has 11 atom stereocenters. The average Bonchev–Trinajstić information content (AvgIpc) is 2.90. The van der Waals surface area contributed by atoms with Gasteiger partial charge in [0.2, 0.25) is 0 Å². The third kappa shape index (κ3) is 3.18. The molecule has 4 heteroatoms. The fourth-order valence-corrected chi connectivity index (χ4v) is 11.4. The van der Waals surface area contributed by atoms with E-state index in [9.17, 15) is 20.4 Å². The highest BCUT2D eigenvalue weighted by Crippen LogP contribution is 2.73. The Kier molecular flexibility index (Phi) is 5.84. The van der Waals surface area contributed by atoms with E-state index >= 15 is 0 Å². The van der Waals surface area contributed by atoms with Crippen molar-refractivity contribution in [3.05, 3.63) is 11.6 Å². The zero-order valence-electron chi connectivity index (χ0n) is 23.4. The van der Waals surface area contributed by atoms with E-state index in [2.05, 4.69) is 54.5 Å². The van der Waals surface area contributed by atoms with Gasteiger partial charge in [-0.15, -0.1) is 0 Å². The summed E-state index contributed by atoms with van der Waals surface area (Å²) in [6.45, 7) is 16.4. The van der Waals surface area contributed by atoms with Crippen molar-refractivity contribution in [2.24, 2.45) is 50.2 Å². The van der Waals surface area contributed by atoms with Gasteiger partial charge in [-0.2, -0.15) is 0 Å². The minimum absolute atomic E-state index is 0.00890. The van der Waals surface area contributed by atoms with Crippen molar-refractivity contribution in [3.8, 4) is 0 Å². The molecule has 0 unspecified atom stereocenters. The maximum absolute atomic E-state index is 11.0. The van der Waals surface area contributed by atoms with Crippen LogP contribution in [0.4, 0.5) is 0 Å². The molecular formula is C31H52O4. The van der Waals surface area contributed by atoms with E-state index in [0.29, 0.717) is 24.2 Å². The average molecular weight is 489 g/mol. The first-order valence-corrected chi connectivity index (χ1v) is 14.4. The summed E-state index contributed by atoms with van der Waals surface area (Å²) in [5, 5.41) is 43.4. The maximum Gasteiger partial charge on any atom is 0.0853 e. The highest BCUT2D eigenvalue weighted by Gasteiger charge is 2.67. The Bertz CT molecular complexity index is 896. The lowest BCUT2D eigenvalue weighted by Gasteiger charge is -2.64. The predicted molar refractivity (Wildman–Crippen MR) is 140 cm³/mol. The summed E-state index contributed by atoms with van der Waals surface area (Å²) >= 11 is 0. The molecule has 35 heavy (non-hydrogen) atoms. The number of aliphatic hydroxyl groups is 4. The molecule has 4 fully saturated rings. The highest BCUT2D eigenvalue weighted by molar-refractivity contribution is 5.30. The van der Waals surface area contributed by atoms with E-state index in [0.717, 1.165) is 51.4 Å². The number of allylic oxidation sites excluding steroid dienone is 2. The van der Waals surface area contributed by atoms with Crippen LogP contribution < -0.4 is 0 Å². The Morgan fingerprint density at radius 3 is 2.14 bits per heavy atom. The van der Waals surface area contributed by atoms with E-state index < -0.39 is 23.7 Å². The molecule has 0 aromatic rings. The van der Waals surface area contributed by atoms with E-state index in [1.165, 1.54) is 0 Å². The van der Waals surface area contributed by atoms with Crippen LogP contribution in [-0.4, -0.2) is 45.3 Å². The van der Waals surface area contributed by atoms with Crippen molar-refractivity contribution in [2.75, 3.05) is 6.61 Å². The van der Waals surface area contributed by atoms with Crippen LogP contribution in [0.3, 0.4) is 0 Å². The molecule has 0 spiro atoms. The van der Waals surface area contributed by atoms with E-state index in [1.54, 1.807) is 5.57 Å². The smallest absolute Gasteiger partial charge is 0.0853 e. The summed E-state index contributed by atoms with van der Waals surface area (Å²) in [4.78, 5) is 0.